The number of nitriles is 1. The molecule has 13 aromatic rings. The molecule has 0 bridgehead atoms. The van der Waals surface area contributed by atoms with Crippen molar-refractivity contribution in [2.45, 2.75) is 41.5 Å². The van der Waals surface area contributed by atoms with Gasteiger partial charge in [0.05, 0.1) is 45.1 Å². The molecule has 3 aromatic heterocycles. The van der Waals surface area contributed by atoms with E-state index in [0.717, 1.165) is 82.8 Å². The predicted octanol–water partition coefficient (Wildman–Crippen LogP) is 17.8. The molecule has 3 heterocycles. The van der Waals surface area contributed by atoms with Crippen LogP contribution < -0.4 is 0 Å². The van der Waals surface area contributed by atoms with Crippen LogP contribution in [0.4, 0.5) is 0 Å². The second kappa shape index (κ2) is 18.3. The summed E-state index contributed by atoms with van der Waals surface area (Å²) in [4.78, 5) is 15.5. The Morgan fingerprint density at radius 1 is 0.329 bits per heavy atom. The number of nitrogens with zero attached hydrogens (tertiary/aromatic N) is 6. The molecule has 0 saturated heterocycles. The Balaban J connectivity index is 1.11. The molecule has 0 radical (unpaired) electrons. The maximum absolute atomic E-state index is 10.8. The van der Waals surface area contributed by atoms with Gasteiger partial charge in [0.2, 0.25) is 0 Å². The number of fused-ring (bicyclic) bond motifs is 6. The number of benzene rings is 10. The van der Waals surface area contributed by atoms with E-state index in [0.29, 0.717) is 23.0 Å². The van der Waals surface area contributed by atoms with Gasteiger partial charge in [0.25, 0.3) is 0 Å². The van der Waals surface area contributed by atoms with Gasteiger partial charge in [-0.05, 0) is 159 Å². The number of para-hydroxylation sites is 2. The smallest absolute Gasteiger partial charge is 0.164 e. The minimum Gasteiger partial charge on any atom is -0.309 e. The standard InChI is InChI=1S/C70H52N6/c1-42-33-44(3)66(45(4)34-42)51-26-30-63-57(38-51)54-21-13-15-23-60(54)75(63)62-29-25-48(41-71)37-56(62)59-40-53(70-73-68(49-17-9-7-10-18-49)72-69(74-70)50-19-11-8-12-20-50)28-32-65(59)76-61-24-16-14-22-55(61)58-39-52(27-31-64(58)76)67-46(5)35-43(2)36-47(67)6/h7-40H,1-6H3. The lowest BCUT2D eigenvalue weighted by Gasteiger charge is -2.20. The number of aromatic nitrogens is 5. The number of aryl methyl sites for hydroxylation is 6. The lowest BCUT2D eigenvalue weighted by molar-refractivity contribution is 1.07. The fourth-order valence-electron chi connectivity index (χ4n) is 12.1. The SMILES string of the molecule is Cc1cc(C)c(-c2ccc3c(c2)c2ccccc2n3-c2ccc(C#N)cc2-c2cc(-c3nc(-c4ccccc4)nc(-c4ccccc4)n3)ccc2-n2c3ccccc3c3cc(-c4c(C)cc(C)cc4C)ccc32)c(C)c1. The van der Waals surface area contributed by atoms with Crippen molar-refractivity contribution in [1.82, 2.24) is 24.1 Å². The summed E-state index contributed by atoms with van der Waals surface area (Å²) in [6.07, 6.45) is 0. The number of rotatable bonds is 8. The van der Waals surface area contributed by atoms with Crippen LogP contribution in [0, 0.1) is 52.9 Å². The van der Waals surface area contributed by atoms with Crippen LogP contribution in [0.2, 0.25) is 0 Å². The number of hydrogen-bond donors (Lipinski definition) is 0. The summed E-state index contributed by atoms with van der Waals surface area (Å²) in [6.45, 7) is 13.2. The topological polar surface area (TPSA) is 72.3 Å². The van der Waals surface area contributed by atoms with Crippen LogP contribution in [-0.4, -0.2) is 24.1 Å². The molecule has 0 unspecified atom stereocenters. The van der Waals surface area contributed by atoms with Crippen molar-refractivity contribution in [3.05, 3.63) is 245 Å². The zero-order valence-corrected chi connectivity index (χ0v) is 43.3. The van der Waals surface area contributed by atoms with Crippen LogP contribution in [0.5, 0.6) is 0 Å². The van der Waals surface area contributed by atoms with Crippen molar-refractivity contribution < 1.29 is 0 Å². The maximum atomic E-state index is 10.8. The van der Waals surface area contributed by atoms with Gasteiger partial charge in [-0.2, -0.15) is 5.26 Å². The van der Waals surface area contributed by atoms with Crippen molar-refractivity contribution in [3.63, 3.8) is 0 Å². The van der Waals surface area contributed by atoms with E-state index in [-0.39, 0.29) is 0 Å². The van der Waals surface area contributed by atoms with Gasteiger partial charge in [-0.3, -0.25) is 0 Å². The van der Waals surface area contributed by atoms with Gasteiger partial charge in [0.15, 0.2) is 17.5 Å². The lowest BCUT2D eigenvalue weighted by atomic mass is 9.93. The molecule has 0 aliphatic carbocycles. The first-order chi connectivity index (χ1) is 37.1. The molecule has 0 aliphatic rings. The van der Waals surface area contributed by atoms with Gasteiger partial charge in [-0.15, -0.1) is 0 Å². The molecule has 13 rings (SSSR count). The maximum Gasteiger partial charge on any atom is 0.164 e. The van der Waals surface area contributed by atoms with Gasteiger partial charge in [-0.1, -0.05) is 145 Å². The third-order valence-electron chi connectivity index (χ3n) is 15.1. The van der Waals surface area contributed by atoms with Gasteiger partial charge in [0, 0.05) is 49.4 Å². The summed E-state index contributed by atoms with van der Waals surface area (Å²) in [6, 6.07) is 75.7. The molecule has 0 fully saturated rings. The average Bonchev–Trinajstić information content (AvgIpc) is 4.08. The fraction of sp³-hybridized carbons (Fsp3) is 0.0857. The second-order valence-corrected chi connectivity index (χ2v) is 20.3. The van der Waals surface area contributed by atoms with Gasteiger partial charge < -0.3 is 9.13 Å². The lowest BCUT2D eigenvalue weighted by Crippen LogP contribution is -2.04. The summed E-state index contributed by atoms with van der Waals surface area (Å²) in [5.74, 6) is 1.71. The molecule has 76 heavy (non-hydrogen) atoms. The highest BCUT2D eigenvalue weighted by atomic mass is 15.0. The molecule has 0 amide bonds. The zero-order valence-electron chi connectivity index (χ0n) is 43.3. The fourth-order valence-corrected chi connectivity index (χ4v) is 12.1. The molecule has 362 valence electrons. The van der Waals surface area contributed by atoms with E-state index >= 15 is 0 Å². The van der Waals surface area contributed by atoms with Crippen LogP contribution in [0.15, 0.2) is 206 Å². The normalized spacial score (nSPS) is 11.5. The molecule has 6 nitrogen and oxygen atoms in total. The Hall–Kier alpha value is -9.70. The Labute approximate surface area is 442 Å². The van der Waals surface area contributed by atoms with E-state index in [1.165, 1.54) is 55.6 Å². The van der Waals surface area contributed by atoms with E-state index < -0.39 is 0 Å². The number of hydrogen-bond acceptors (Lipinski definition) is 4. The Kier molecular flexibility index (Phi) is 11.1. The molecule has 6 heteroatoms. The van der Waals surface area contributed by atoms with Crippen molar-refractivity contribution in [2.24, 2.45) is 0 Å². The van der Waals surface area contributed by atoms with E-state index in [2.05, 4.69) is 196 Å². The highest BCUT2D eigenvalue weighted by Gasteiger charge is 2.24. The Morgan fingerprint density at radius 2 is 0.711 bits per heavy atom. The van der Waals surface area contributed by atoms with Crippen LogP contribution in [0.1, 0.15) is 38.9 Å². The third kappa shape index (κ3) is 7.75. The minimum atomic E-state index is 0.542. The van der Waals surface area contributed by atoms with Crippen LogP contribution in [-0.2, 0) is 0 Å². The van der Waals surface area contributed by atoms with Crippen molar-refractivity contribution in [2.75, 3.05) is 0 Å². The minimum absolute atomic E-state index is 0.542. The van der Waals surface area contributed by atoms with Crippen LogP contribution >= 0.6 is 0 Å². The van der Waals surface area contributed by atoms with Crippen LogP contribution in [0.25, 0.3) is 123 Å². The molecule has 0 N–H and O–H groups in total. The first kappa shape index (κ1) is 46.1. The van der Waals surface area contributed by atoms with E-state index in [9.17, 15) is 5.26 Å². The first-order valence-corrected chi connectivity index (χ1v) is 25.9. The molecule has 0 spiro atoms. The molecule has 0 saturated carbocycles. The molecule has 0 aliphatic heterocycles. The predicted molar refractivity (Wildman–Crippen MR) is 314 cm³/mol. The van der Waals surface area contributed by atoms with E-state index in [1.54, 1.807) is 0 Å². The van der Waals surface area contributed by atoms with Gasteiger partial charge in [0.1, 0.15) is 0 Å². The molecular weight excluding hydrogens is 925 g/mol. The van der Waals surface area contributed by atoms with Crippen molar-refractivity contribution in [3.8, 4) is 85.0 Å². The molecular formula is C70H52N6. The van der Waals surface area contributed by atoms with Gasteiger partial charge >= 0.3 is 0 Å². The highest BCUT2D eigenvalue weighted by molar-refractivity contribution is 6.13. The second-order valence-electron chi connectivity index (χ2n) is 20.3. The summed E-state index contributed by atoms with van der Waals surface area (Å²) < 4.78 is 4.78. The summed E-state index contributed by atoms with van der Waals surface area (Å²) in [5, 5.41) is 15.4. The van der Waals surface area contributed by atoms with E-state index in [1.807, 2.05) is 66.7 Å². The Morgan fingerprint density at radius 3 is 1.17 bits per heavy atom. The summed E-state index contributed by atoms with van der Waals surface area (Å²) >= 11 is 0. The summed E-state index contributed by atoms with van der Waals surface area (Å²) in [5.41, 5.74) is 23.6. The average molecular weight is 977 g/mol. The van der Waals surface area contributed by atoms with Crippen molar-refractivity contribution >= 4 is 43.6 Å². The van der Waals surface area contributed by atoms with Crippen LogP contribution in [0.3, 0.4) is 0 Å². The quantitative estimate of drug-likeness (QED) is 0.152. The van der Waals surface area contributed by atoms with Crippen molar-refractivity contribution in [1.29, 1.82) is 5.26 Å². The zero-order chi connectivity index (χ0) is 51.8. The molecule has 10 aromatic carbocycles. The third-order valence-corrected chi connectivity index (χ3v) is 15.1. The monoisotopic (exact) mass is 976 g/mol. The summed E-state index contributed by atoms with van der Waals surface area (Å²) in [7, 11) is 0. The van der Waals surface area contributed by atoms with E-state index in [4.69, 9.17) is 15.0 Å². The Bertz CT molecular complexity index is 4430. The first-order valence-electron chi connectivity index (χ1n) is 25.9. The van der Waals surface area contributed by atoms with Gasteiger partial charge in [-0.25, -0.2) is 15.0 Å². The largest absolute Gasteiger partial charge is 0.309 e. The molecule has 0 atom stereocenters. The highest BCUT2D eigenvalue weighted by Crippen LogP contribution is 2.45.